The van der Waals surface area contributed by atoms with Crippen molar-refractivity contribution in [2.45, 2.75) is 25.4 Å². The molecule has 1 atom stereocenters. The van der Waals surface area contributed by atoms with Gasteiger partial charge in [-0.1, -0.05) is 18.2 Å². The molecule has 1 aromatic carbocycles. The zero-order valence-electron chi connectivity index (χ0n) is 9.18. The number of aryl methyl sites for hydroxylation is 1. The molecule has 5 nitrogen and oxygen atoms in total. The van der Waals surface area contributed by atoms with E-state index in [-0.39, 0.29) is 11.7 Å². The van der Waals surface area contributed by atoms with Crippen molar-refractivity contribution < 1.29 is 19.4 Å². The quantitative estimate of drug-likeness (QED) is 0.826. The highest BCUT2D eigenvalue weighted by Gasteiger charge is 2.31. The van der Waals surface area contributed by atoms with Gasteiger partial charge in [-0.3, -0.25) is 10.1 Å². The maximum atomic E-state index is 11.2. The fraction of sp³-hybridized carbons (Fsp3) is 0.333. The van der Waals surface area contributed by atoms with Gasteiger partial charge in [0.05, 0.1) is 0 Å². The van der Waals surface area contributed by atoms with Crippen molar-refractivity contribution in [1.29, 1.82) is 0 Å². The van der Waals surface area contributed by atoms with E-state index in [0.29, 0.717) is 19.3 Å². The van der Waals surface area contributed by atoms with Gasteiger partial charge < -0.3 is 9.84 Å². The van der Waals surface area contributed by atoms with E-state index < -0.39 is 12.2 Å². The van der Waals surface area contributed by atoms with E-state index in [1.54, 1.807) is 12.1 Å². The van der Waals surface area contributed by atoms with E-state index >= 15 is 0 Å². The summed E-state index contributed by atoms with van der Waals surface area (Å²) in [7, 11) is 0. The molecule has 2 rings (SSSR count). The molecule has 0 spiro atoms. The van der Waals surface area contributed by atoms with Crippen LogP contribution in [-0.2, 0) is 16.0 Å². The lowest BCUT2D eigenvalue weighted by atomic mass is 10.0. The number of hydrogen-bond acceptors (Lipinski definition) is 4. The number of phenols is 1. The van der Waals surface area contributed by atoms with Gasteiger partial charge in [-0.2, -0.15) is 0 Å². The zero-order valence-corrected chi connectivity index (χ0v) is 9.18. The van der Waals surface area contributed by atoms with Crippen molar-refractivity contribution in [3.63, 3.8) is 0 Å². The fourth-order valence-corrected chi connectivity index (χ4v) is 1.78. The van der Waals surface area contributed by atoms with Crippen molar-refractivity contribution in [2.75, 3.05) is 0 Å². The lowest BCUT2D eigenvalue weighted by Crippen LogP contribution is -2.24. The highest BCUT2D eigenvalue weighted by Crippen LogP contribution is 2.19. The number of nitrogens with one attached hydrogen (secondary N) is 1. The second-order valence-electron chi connectivity index (χ2n) is 3.90. The topological polar surface area (TPSA) is 75.6 Å². The highest BCUT2D eigenvalue weighted by molar-refractivity contribution is 5.99. The van der Waals surface area contributed by atoms with Gasteiger partial charge in [0.15, 0.2) is 6.10 Å². The van der Waals surface area contributed by atoms with E-state index in [1.165, 1.54) is 0 Å². The Kier molecular flexibility index (Phi) is 3.27. The van der Waals surface area contributed by atoms with E-state index in [9.17, 15) is 14.7 Å². The van der Waals surface area contributed by atoms with Crippen LogP contribution >= 0.6 is 0 Å². The van der Waals surface area contributed by atoms with Crippen LogP contribution < -0.4 is 5.32 Å². The third-order valence-corrected chi connectivity index (χ3v) is 2.67. The van der Waals surface area contributed by atoms with Crippen LogP contribution in [0.5, 0.6) is 5.75 Å². The van der Waals surface area contributed by atoms with Gasteiger partial charge >= 0.3 is 6.09 Å². The van der Waals surface area contributed by atoms with Crippen molar-refractivity contribution in [3.8, 4) is 5.75 Å². The molecule has 90 valence electrons. The van der Waals surface area contributed by atoms with Gasteiger partial charge in [0.25, 0.3) is 5.91 Å². The molecule has 0 aromatic heterocycles. The average Bonchev–Trinajstić information content (AvgIpc) is 2.60. The van der Waals surface area contributed by atoms with Crippen LogP contribution in [0.3, 0.4) is 0 Å². The van der Waals surface area contributed by atoms with Crippen molar-refractivity contribution in [3.05, 3.63) is 29.8 Å². The number of ether oxygens (including phenoxy) is 1. The van der Waals surface area contributed by atoms with E-state index in [2.05, 4.69) is 5.32 Å². The molecule has 0 aliphatic carbocycles. The summed E-state index contributed by atoms with van der Waals surface area (Å²) in [6.45, 7) is 0. The number of rotatable bonds is 4. The molecule has 0 saturated carbocycles. The first-order valence-corrected chi connectivity index (χ1v) is 5.45. The van der Waals surface area contributed by atoms with Gasteiger partial charge in [0.2, 0.25) is 0 Å². The Bertz CT molecular complexity index is 444. The Hall–Kier alpha value is -2.04. The molecule has 0 bridgehead atoms. The van der Waals surface area contributed by atoms with Crippen molar-refractivity contribution in [1.82, 2.24) is 5.32 Å². The average molecular weight is 235 g/mol. The van der Waals surface area contributed by atoms with Crippen molar-refractivity contribution >= 4 is 12.0 Å². The molecule has 17 heavy (non-hydrogen) atoms. The second kappa shape index (κ2) is 4.86. The summed E-state index contributed by atoms with van der Waals surface area (Å²) in [5, 5.41) is 11.6. The summed E-state index contributed by atoms with van der Waals surface area (Å²) in [6.07, 6.45) is 0.416. The van der Waals surface area contributed by atoms with E-state index in [0.717, 1.165) is 5.56 Å². The minimum Gasteiger partial charge on any atom is -0.508 e. The first-order valence-electron chi connectivity index (χ1n) is 5.45. The first kappa shape index (κ1) is 11.4. The van der Waals surface area contributed by atoms with Gasteiger partial charge in [-0.25, -0.2) is 4.79 Å². The van der Waals surface area contributed by atoms with Crippen LogP contribution in [0.1, 0.15) is 18.4 Å². The third-order valence-electron chi connectivity index (χ3n) is 2.67. The summed E-state index contributed by atoms with van der Waals surface area (Å²) in [5.74, 6) is -0.132. The Labute approximate surface area is 98.4 Å². The maximum absolute atomic E-state index is 11.2. The maximum Gasteiger partial charge on any atom is 0.414 e. The summed E-state index contributed by atoms with van der Waals surface area (Å²) < 4.78 is 4.78. The Morgan fingerprint density at radius 2 is 2.06 bits per heavy atom. The van der Waals surface area contributed by atoms with Gasteiger partial charge in [0, 0.05) is 0 Å². The summed E-state index contributed by atoms with van der Waals surface area (Å²) in [5.41, 5.74) is 0.831. The molecule has 1 aliphatic heterocycles. The predicted molar refractivity (Wildman–Crippen MR) is 59.5 cm³/mol. The fourth-order valence-electron chi connectivity index (χ4n) is 1.78. The molecule has 1 aromatic rings. The second-order valence-corrected chi connectivity index (χ2v) is 3.90. The SMILES string of the molecule is O=C1NC(=O)C(CCCc2ccccc2O)O1. The van der Waals surface area contributed by atoms with Crippen LogP contribution in [0, 0.1) is 0 Å². The van der Waals surface area contributed by atoms with Crippen LogP contribution in [0.15, 0.2) is 24.3 Å². The monoisotopic (exact) mass is 235 g/mol. The van der Waals surface area contributed by atoms with Crippen LogP contribution in [0.2, 0.25) is 0 Å². The molecule has 1 unspecified atom stereocenters. The summed E-state index contributed by atoms with van der Waals surface area (Å²) in [4.78, 5) is 21.9. The number of carbonyl (C=O) groups is 2. The van der Waals surface area contributed by atoms with Crippen molar-refractivity contribution in [2.24, 2.45) is 0 Å². The number of hydrogen-bond donors (Lipinski definition) is 2. The molecule has 1 heterocycles. The normalized spacial score (nSPS) is 18.9. The molecule has 1 aliphatic rings. The highest BCUT2D eigenvalue weighted by atomic mass is 16.6. The Balaban J connectivity index is 1.82. The number of benzene rings is 1. The number of imide groups is 1. The van der Waals surface area contributed by atoms with Crippen LogP contribution in [-0.4, -0.2) is 23.2 Å². The lowest BCUT2D eigenvalue weighted by Gasteiger charge is -2.07. The third kappa shape index (κ3) is 2.75. The molecule has 0 radical (unpaired) electrons. The number of cyclic esters (lactones) is 1. The summed E-state index contributed by atoms with van der Waals surface area (Å²) in [6, 6.07) is 7.05. The van der Waals surface area contributed by atoms with E-state index in [4.69, 9.17) is 4.74 Å². The number of aromatic hydroxyl groups is 1. The molecule has 2 amide bonds. The minimum atomic E-state index is -0.687. The molecule has 1 saturated heterocycles. The minimum absolute atomic E-state index is 0.250. The van der Waals surface area contributed by atoms with Gasteiger partial charge in [-0.05, 0) is 30.9 Å². The first-order chi connectivity index (χ1) is 8.16. The number of amides is 2. The van der Waals surface area contributed by atoms with Gasteiger partial charge in [-0.15, -0.1) is 0 Å². The molecular formula is C12H13NO4. The number of carbonyl (C=O) groups excluding carboxylic acids is 2. The molecule has 1 fully saturated rings. The van der Waals surface area contributed by atoms with Crippen LogP contribution in [0.4, 0.5) is 4.79 Å². The standard InChI is InChI=1S/C12H13NO4/c14-9-6-2-1-4-8(9)5-3-7-10-11(15)13-12(16)17-10/h1-2,4,6,10,14H,3,5,7H2,(H,13,15,16). The van der Waals surface area contributed by atoms with E-state index in [1.807, 2.05) is 12.1 Å². The number of para-hydroxylation sites is 1. The smallest absolute Gasteiger partial charge is 0.414 e. The lowest BCUT2D eigenvalue weighted by molar-refractivity contribution is -0.123. The van der Waals surface area contributed by atoms with Gasteiger partial charge in [0.1, 0.15) is 5.75 Å². The molecule has 2 N–H and O–H groups in total. The predicted octanol–water partition coefficient (Wildman–Crippen LogP) is 1.35. The molecular weight excluding hydrogens is 222 g/mol. The Morgan fingerprint density at radius 1 is 1.29 bits per heavy atom. The summed E-state index contributed by atoms with van der Waals surface area (Å²) >= 11 is 0. The largest absolute Gasteiger partial charge is 0.508 e. The van der Waals surface area contributed by atoms with Crippen LogP contribution in [0.25, 0.3) is 0 Å². The zero-order chi connectivity index (χ0) is 12.3. The Morgan fingerprint density at radius 3 is 2.71 bits per heavy atom. The number of phenolic OH excluding ortho intramolecular Hbond substituents is 1. The molecule has 5 heteroatoms. The number of alkyl carbamates (subject to hydrolysis) is 1.